The molecule has 0 radical (unpaired) electrons. The van der Waals surface area contributed by atoms with Crippen LogP contribution in [0.4, 0.5) is 0 Å². The minimum atomic E-state index is 0.860. The van der Waals surface area contributed by atoms with E-state index in [9.17, 15) is 0 Å². The van der Waals surface area contributed by atoms with Gasteiger partial charge in [0.05, 0.1) is 0 Å². The summed E-state index contributed by atoms with van der Waals surface area (Å²) < 4.78 is 0. The molecule has 1 nitrogen and oxygen atoms in total. The lowest BCUT2D eigenvalue weighted by Gasteiger charge is -2.03. The van der Waals surface area contributed by atoms with E-state index in [1.807, 2.05) is 0 Å². The molecule has 1 N–H and O–H groups in total. The summed E-state index contributed by atoms with van der Waals surface area (Å²) in [6.45, 7) is 1.96. The Morgan fingerprint density at radius 1 is 1.12 bits per heavy atom. The molecule has 1 aliphatic carbocycles. The molecular weight excluding hydrogens is 194 g/mol. The van der Waals surface area contributed by atoms with Crippen LogP contribution < -0.4 is 5.32 Å². The Bertz CT molecular complexity index is 309. The summed E-state index contributed by atoms with van der Waals surface area (Å²) in [5, 5.41) is 3.44. The molecule has 0 amide bonds. The zero-order chi connectivity index (χ0) is 11.1. The third kappa shape index (κ3) is 3.82. The average molecular weight is 215 g/mol. The number of benzene rings is 1. The maximum Gasteiger partial charge on any atom is 0.0208 e. The lowest BCUT2D eigenvalue weighted by atomic mass is 10.1. The molecule has 1 aromatic rings. The summed E-state index contributed by atoms with van der Waals surface area (Å²) >= 11 is 0. The van der Waals surface area contributed by atoms with Crippen LogP contribution in [0.15, 0.2) is 42.5 Å². The summed E-state index contributed by atoms with van der Waals surface area (Å²) in [5.74, 6) is 0.860. The van der Waals surface area contributed by atoms with Crippen LogP contribution in [0.1, 0.15) is 31.2 Å². The highest BCUT2D eigenvalue weighted by molar-refractivity contribution is 5.14. The van der Waals surface area contributed by atoms with Crippen molar-refractivity contribution in [3.63, 3.8) is 0 Å². The van der Waals surface area contributed by atoms with Crippen molar-refractivity contribution in [1.82, 2.24) is 5.32 Å². The van der Waals surface area contributed by atoms with Crippen molar-refractivity contribution < 1.29 is 0 Å². The number of hydrogen-bond donors (Lipinski definition) is 1. The third-order valence-corrected chi connectivity index (χ3v) is 3.24. The highest BCUT2D eigenvalue weighted by Gasteiger charge is 2.10. The summed E-state index contributed by atoms with van der Waals surface area (Å²) in [6, 6.07) is 10.6. The molecule has 16 heavy (non-hydrogen) atoms. The lowest BCUT2D eigenvalue weighted by Crippen LogP contribution is -2.12. The van der Waals surface area contributed by atoms with E-state index in [0.29, 0.717) is 0 Å². The Morgan fingerprint density at radius 2 is 1.88 bits per heavy atom. The van der Waals surface area contributed by atoms with Gasteiger partial charge in [-0.05, 0) is 24.3 Å². The minimum Gasteiger partial charge on any atom is -0.309 e. The molecule has 0 saturated heterocycles. The number of nitrogens with one attached hydrogen (secondary N) is 1. The van der Waals surface area contributed by atoms with Crippen LogP contribution in [-0.2, 0) is 6.54 Å². The third-order valence-electron chi connectivity index (χ3n) is 3.24. The lowest BCUT2D eigenvalue weighted by molar-refractivity contribution is 0.678. The monoisotopic (exact) mass is 215 g/mol. The van der Waals surface area contributed by atoms with Gasteiger partial charge in [-0.2, -0.15) is 0 Å². The first kappa shape index (κ1) is 11.4. The van der Waals surface area contributed by atoms with Crippen LogP contribution in [0.2, 0.25) is 0 Å². The van der Waals surface area contributed by atoms with E-state index >= 15 is 0 Å². The van der Waals surface area contributed by atoms with Gasteiger partial charge < -0.3 is 5.32 Å². The van der Waals surface area contributed by atoms with Gasteiger partial charge in [-0.25, -0.2) is 0 Å². The molecule has 0 heterocycles. The maximum absolute atomic E-state index is 3.44. The Morgan fingerprint density at radius 3 is 2.62 bits per heavy atom. The Balaban J connectivity index is 1.61. The molecule has 1 aliphatic rings. The normalized spacial score (nSPS) is 17.2. The minimum absolute atomic E-state index is 0.860. The second-order valence-corrected chi connectivity index (χ2v) is 4.59. The molecule has 0 aliphatic heterocycles. The van der Waals surface area contributed by atoms with Crippen LogP contribution in [0.5, 0.6) is 0 Å². The second-order valence-electron chi connectivity index (χ2n) is 4.59. The largest absolute Gasteiger partial charge is 0.309 e. The zero-order valence-corrected chi connectivity index (χ0v) is 9.86. The van der Waals surface area contributed by atoms with Gasteiger partial charge in [-0.1, -0.05) is 55.3 Å². The van der Waals surface area contributed by atoms with Crippen molar-refractivity contribution in [1.29, 1.82) is 0 Å². The van der Waals surface area contributed by atoms with Crippen molar-refractivity contribution in [2.75, 3.05) is 6.54 Å². The van der Waals surface area contributed by atoms with Crippen LogP contribution in [0.3, 0.4) is 0 Å². The molecule has 0 atom stereocenters. The van der Waals surface area contributed by atoms with Crippen LogP contribution in [0, 0.1) is 5.92 Å². The molecule has 1 fully saturated rings. The first-order chi connectivity index (χ1) is 7.95. The SMILES string of the molecule is C(=C\C1CCCC1)/CNCc1ccccc1. The van der Waals surface area contributed by atoms with Crippen molar-refractivity contribution in [2.45, 2.75) is 32.2 Å². The Labute approximate surface area is 98.6 Å². The smallest absolute Gasteiger partial charge is 0.0208 e. The topological polar surface area (TPSA) is 12.0 Å². The molecule has 2 rings (SSSR count). The first-order valence-electron chi connectivity index (χ1n) is 6.36. The van der Waals surface area contributed by atoms with Gasteiger partial charge in [-0.3, -0.25) is 0 Å². The fraction of sp³-hybridized carbons (Fsp3) is 0.467. The summed E-state index contributed by atoms with van der Waals surface area (Å²) in [5.41, 5.74) is 1.36. The molecule has 0 bridgehead atoms. The maximum atomic E-state index is 3.44. The van der Waals surface area contributed by atoms with Gasteiger partial charge in [0.2, 0.25) is 0 Å². The molecule has 1 saturated carbocycles. The second kappa shape index (κ2) is 6.49. The summed E-state index contributed by atoms with van der Waals surface area (Å²) in [4.78, 5) is 0. The molecule has 0 spiro atoms. The molecule has 0 aromatic heterocycles. The molecular formula is C15H21N. The number of allylic oxidation sites excluding steroid dienone is 1. The van der Waals surface area contributed by atoms with E-state index in [1.165, 1.54) is 31.2 Å². The van der Waals surface area contributed by atoms with E-state index in [0.717, 1.165) is 19.0 Å². The van der Waals surface area contributed by atoms with Crippen LogP contribution in [0.25, 0.3) is 0 Å². The zero-order valence-electron chi connectivity index (χ0n) is 9.86. The fourth-order valence-electron chi connectivity index (χ4n) is 2.31. The molecule has 1 heteroatoms. The number of rotatable bonds is 5. The highest BCUT2D eigenvalue weighted by atomic mass is 14.8. The first-order valence-corrected chi connectivity index (χ1v) is 6.36. The van der Waals surface area contributed by atoms with E-state index in [1.54, 1.807) is 0 Å². The van der Waals surface area contributed by atoms with Crippen molar-refractivity contribution in [3.05, 3.63) is 48.0 Å². The van der Waals surface area contributed by atoms with Crippen molar-refractivity contribution >= 4 is 0 Å². The summed E-state index contributed by atoms with van der Waals surface area (Å²) in [6.07, 6.45) is 10.3. The van der Waals surface area contributed by atoms with Gasteiger partial charge in [0.15, 0.2) is 0 Å². The van der Waals surface area contributed by atoms with Gasteiger partial charge in [0.25, 0.3) is 0 Å². The fourth-order valence-corrected chi connectivity index (χ4v) is 2.31. The Kier molecular flexibility index (Phi) is 4.63. The van der Waals surface area contributed by atoms with Crippen LogP contribution in [-0.4, -0.2) is 6.54 Å². The van der Waals surface area contributed by atoms with Gasteiger partial charge in [-0.15, -0.1) is 0 Å². The molecule has 0 unspecified atom stereocenters. The molecule has 1 aromatic carbocycles. The molecule has 86 valence electrons. The average Bonchev–Trinajstić information content (AvgIpc) is 2.83. The van der Waals surface area contributed by atoms with Gasteiger partial charge in [0, 0.05) is 13.1 Å². The van der Waals surface area contributed by atoms with E-state index in [2.05, 4.69) is 47.8 Å². The summed E-state index contributed by atoms with van der Waals surface area (Å²) in [7, 11) is 0. The van der Waals surface area contributed by atoms with Crippen molar-refractivity contribution in [2.24, 2.45) is 5.92 Å². The quantitative estimate of drug-likeness (QED) is 0.585. The predicted octanol–water partition coefficient (Wildman–Crippen LogP) is 3.52. The predicted molar refractivity (Wildman–Crippen MR) is 69.2 cm³/mol. The standard InChI is InChI=1S/C15H21N/c1-2-9-15(10-3-1)13-16-12-6-11-14-7-4-5-8-14/h1-3,6,9-11,14,16H,4-5,7-8,12-13H2/b11-6+. The van der Waals surface area contributed by atoms with Gasteiger partial charge in [0.1, 0.15) is 0 Å². The Hall–Kier alpha value is -1.08. The van der Waals surface area contributed by atoms with E-state index in [-0.39, 0.29) is 0 Å². The van der Waals surface area contributed by atoms with E-state index in [4.69, 9.17) is 0 Å². The highest BCUT2D eigenvalue weighted by Crippen LogP contribution is 2.25. The van der Waals surface area contributed by atoms with E-state index < -0.39 is 0 Å². The van der Waals surface area contributed by atoms with Gasteiger partial charge >= 0.3 is 0 Å². The van der Waals surface area contributed by atoms with Crippen molar-refractivity contribution in [3.8, 4) is 0 Å². The number of hydrogen-bond acceptors (Lipinski definition) is 1. The van der Waals surface area contributed by atoms with Crippen LogP contribution >= 0.6 is 0 Å².